The first kappa shape index (κ1) is 30.5. The van der Waals surface area contributed by atoms with Crippen molar-refractivity contribution in [1.29, 1.82) is 0 Å². The minimum absolute atomic E-state index is 0.130. The third-order valence-corrected chi connectivity index (χ3v) is 6.35. The Morgan fingerprint density at radius 2 is 1.57 bits per heavy atom. The number of carbonyl (C=O) groups excluding carboxylic acids is 2. The summed E-state index contributed by atoms with van der Waals surface area (Å²) in [6, 6.07) is 4.54. The maximum atomic E-state index is 14.3. The number of nitrogens with zero attached hydrogens (tertiary/aromatic N) is 3. The number of nitrogens with one attached hydrogen (secondary N) is 1. The van der Waals surface area contributed by atoms with Crippen LogP contribution in [-0.2, 0) is 17.1 Å². The van der Waals surface area contributed by atoms with Crippen molar-refractivity contribution in [3.8, 4) is 16.4 Å². The molecule has 4 rings (SSSR count). The molecule has 0 unspecified atom stereocenters. The fourth-order valence-corrected chi connectivity index (χ4v) is 4.54. The number of halogens is 10. The Bertz CT molecular complexity index is 1670. The van der Waals surface area contributed by atoms with Crippen LogP contribution in [-0.4, -0.2) is 33.2 Å². The number of anilines is 1. The second-order valence-corrected chi connectivity index (χ2v) is 8.96. The van der Waals surface area contributed by atoms with Crippen LogP contribution in [0.3, 0.4) is 0 Å². The normalized spacial score (nSPS) is 12.0. The molecule has 1 N–H and O–H groups in total. The summed E-state index contributed by atoms with van der Waals surface area (Å²) < 4.78 is 142. The predicted molar refractivity (Wildman–Crippen MR) is 125 cm³/mol. The number of benzene rings is 1. The largest absolute Gasteiger partial charge is 0.462 e. The van der Waals surface area contributed by atoms with Gasteiger partial charge in [0.1, 0.15) is 16.8 Å². The standard InChI is InChI=1S/C24H12F10N4O3S/c1-2-41-22(40)10-8-35-38(20(10)24(32,33)34)12-5-3-4-11(36-12)19-9(6-7-42-19)21(39)37-18-16(27)14(25)13(23(29,30)31)15(26)17(18)28/h3-8H,2H2,1H3,(H,37,39). The van der Waals surface area contributed by atoms with Gasteiger partial charge in [0.15, 0.2) is 34.8 Å². The Morgan fingerprint density at radius 1 is 0.929 bits per heavy atom. The van der Waals surface area contributed by atoms with E-state index in [-0.39, 0.29) is 17.2 Å². The highest BCUT2D eigenvalue weighted by atomic mass is 32.1. The molecular formula is C24H12F10N4O3S. The Morgan fingerprint density at radius 3 is 2.14 bits per heavy atom. The van der Waals surface area contributed by atoms with Gasteiger partial charge < -0.3 is 10.1 Å². The average molecular weight is 626 g/mol. The summed E-state index contributed by atoms with van der Waals surface area (Å²) in [5, 5.41) is 6.30. The number of ether oxygens (including phenoxy) is 1. The number of thiophene rings is 1. The van der Waals surface area contributed by atoms with Gasteiger partial charge in [0.25, 0.3) is 5.91 Å². The molecule has 3 aromatic heterocycles. The summed E-state index contributed by atoms with van der Waals surface area (Å²) in [6.45, 7) is 1.15. The van der Waals surface area contributed by atoms with E-state index >= 15 is 0 Å². The van der Waals surface area contributed by atoms with Gasteiger partial charge in [-0.05, 0) is 30.5 Å². The molecule has 18 heteroatoms. The van der Waals surface area contributed by atoms with Crippen LogP contribution in [0, 0.1) is 23.3 Å². The minimum Gasteiger partial charge on any atom is -0.462 e. The summed E-state index contributed by atoms with van der Waals surface area (Å²) in [5.74, 6) is -13.9. The lowest BCUT2D eigenvalue weighted by Gasteiger charge is -2.15. The van der Waals surface area contributed by atoms with Crippen LogP contribution in [0.2, 0.25) is 0 Å². The van der Waals surface area contributed by atoms with Gasteiger partial charge in [-0.3, -0.25) is 4.79 Å². The molecule has 0 saturated heterocycles. The van der Waals surface area contributed by atoms with E-state index in [1.165, 1.54) is 29.8 Å². The Labute approximate surface area is 231 Å². The number of alkyl halides is 6. The number of hydrogen-bond donors (Lipinski definition) is 1. The highest BCUT2D eigenvalue weighted by Crippen LogP contribution is 2.39. The number of carbonyl (C=O) groups is 2. The van der Waals surface area contributed by atoms with Crippen LogP contribution in [0.25, 0.3) is 16.4 Å². The van der Waals surface area contributed by atoms with Gasteiger partial charge in [0.05, 0.1) is 28.9 Å². The molecule has 0 aliphatic carbocycles. The van der Waals surface area contributed by atoms with Crippen molar-refractivity contribution in [2.24, 2.45) is 0 Å². The average Bonchev–Trinajstić information content (AvgIpc) is 3.58. The van der Waals surface area contributed by atoms with Crippen LogP contribution in [0.5, 0.6) is 0 Å². The van der Waals surface area contributed by atoms with E-state index < -0.39 is 81.4 Å². The summed E-state index contributed by atoms with van der Waals surface area (Å²) in [6.07, 6.45) is -10.3. The Hall–Kier alpha value is -4.48. The summed E-state index contributed by atoms with van der Waals surface area (Å²) in [5.41, 5.74) is -7.78. The number of aromatic nitrogens is 3. The second kappa shape index (κ2) is 11.1. The molecule has 0 saturated carbocycles. The zero-order valence-electron chi connectivity index (χ0n) is 20.4. The molecule has 3 heterocycles. The number of hydrogen-bond acceptors (Lipinski definition) is 6. The van der Waals surface area contributed by atoms with Crippen molar-refractivity contribution in [2.75, 3.05) is 11.9 Å². The summed E-state index contributed by atoms with van der Waals surface area (Å²) >= 11 is 0.759. The Balaban J connectivity index is 1.74. The quantitative estimate of drug-likeness (QED) is 0.141. The monoisotopic (exact) mass is 626 g/mol. The zero-order valence-corrected chi connectivity index (χ0v) is 21.2. The van der Waals surface area contributed by atoms with Crippen molar-refractivity contribution in [3.05, 3.63) is 81.5 Å². The molecule has 0 bridgehead atoms. The summed E-state index contributed by atoms with van der Waals surface area (Å²) in [4.78, 5) is 28.7. The highest BCUT2D eigenvalue weighted by Gasteiger charge is 2.43. The fraction of sp³-hybridized carbons (Fsp3) is 0.167. The smallest absolute Gasteiger partial charge is 0.434 e. The van der Waals surface area contributed by atoms with E-state index in [0.717, 1.165) is 23.5 Å². The third kappa shape index (κ3) is 5.53. The van der Waals surface area contributed by atoms with Gasteiger partial charge in [0, 0.05) is 0 Å². The molecule has 222 valence electrons. The zero-order chi connectivity index (χ0) is 31.1. The molecule has 0 spiro atoms. The minimum atomic E-state index is -5.80. The van der Waals surface area contributed by atoms with Crippen LogP contribution in [0.15, 0.2) is 35.8 Å². The molecule has 0 fully saturated rings. The van der Waals surface area contributed by atoms with Crippen molar-refractivity contribution >= 4 is 28.9 Å². The lowest BCUT2D eigenvalue weighted by atomic mass is 10.1. The lowest BCUT2D eigenvalue weighted by molar-refractivity contribution is -0.144. The molecule has 0 radical (unpaired) electrons. The van der Waals surface area contributed by atoms with E-state index in [1.54, 1.807) is 0 Å². The first-order valence-corrected chi connectivity index (χ1v) is 12.1. The second-order valence-electron chi connectivity index (χ2n) is 8.04. The van der Waals surface area contributed by atoms with E-state index in [4.69, 9.17) is 0 Å². The molecule has 4 aromatic rings. The number of esters is 1. The van der Waals surface area contributed by atoms with Gasteiger partial charge in [-0.2, -0.15) is 31.4 Å². The summed E-state index contributed by atoms with van der Waals surface area (Å²) in [7, 11) is 0. The van der Waals surface area contributed by atoms with Gasteiger partial charge in [-0.25, -0.2) is 32.0 Å². The van der Waals surface area contributed by atoms with Gasteiger partial charge in [-0.1, -0.05) is 6.07 Å². The maximum absolute atomic E-state index is 14.3. The van der Waals surface area contributed by atoms with Gasteiger partial charge >= 0.3 is 18.3 Å². The van der Waals surface area contributed by atoms with Crippen LogP contribution in [0.1, 0.15) is 38.9 Å². The van der Waals surface area contributed by atoms with E-state index in [9.17, 15) is 53.5 Å². The fourth-order valence-electron chi connectivity index (χ4n) is 3.68. The van der Waals surface area contributed by atoms with Crippen molar-refractivity contribution in [1.82, 2.24) is 14.8 Å². The number of rotatable bonds is 6. The molecule has 7 nitrogen and oxygen atoms in total. The molecule has 42 heavy (non-hydrogen) atoms. The van der Waals surface area contributed by atoms with Crippen LogP contribution < -0.4 is 5.32 Å². The van der Waals surface area contributed by atoms with Gasteiger partial charge in [-0.15, -0.1) is 11.3 Å². The van der Waals surface area contributed by atoms with Gasteiger partial charge in [0.2, 0.25) is 0 Å². The van der Waals surface area contributed by atoms with E-state index in [1.807, 2.05) is 0 Å². The number of amides is 1. The topological polar surface area (TPSA) is 86.1 Å². The number of pyridine rings is 1. The van der Waals surface area contributed by atoms with E-state index in [2.05, 4.69) is 14.8 Å². The Kier molecular flexibility index (Phi) is 8.03. The molecule has 0 aliphatic heterocycles. The molecule has 1 amide bonds. The predicted octanol–water partition coefficient (Wildman–Crippen LogP) is 7.02. The van der Waals surface area contributed by atoms with Crippen molar-refractivity contribution in [3.63, 3.8) is 0 Å². The molecule has 1 aromatic carbocycles. The van der Waals surface area contributed by atoms with Crippen molar-refractivity contribution < 1.29 is 58.2 Å². The molecule has 0 aliphatic rings. The van der Waals surface area contributed by atoms with Crippen LogP contribution >= 0.6 is 11.3 Å². The first-order chi connectivity index (χ1) is 19.6. The van der Waals surface area contributed by atoms with Crippen LogP contribution in [0.4, 0.5) is 49.6 Å². The maximum Gasteiger partial charge on any atom is 0.434 e. The first-order valence-electron chi connectivity index (χ1n) is 11.2. The molecular weight excluding hydrogens is 614 g/mol. The SMILES string of the molecule is CCOC(=O)c1cnn(-c2cccc(-c3sccc3C(=O)Nc3c(F)c(F)c(C(F)(F)F)c(F)c3F)n2)c1C(F)(F)F. The highest BCUT2D eigenvalue weighted by molar-refractivity contribution is 7.14. The van der Waals surface area contributed by atoms with E-state index in [0.29, 0.717) is 10.9 Å². The molecule has 0 atom stereocenters. The lowest BCUT2D eigenvalue weighted by Crippen LogP contribution is -2.20. The third-order valence-electron chi connectivity index (χ3n) is 5.41. The van der Waals surface area contributed by atoms with Crippen molar-refractivity contribution in [2.45, 2.75) is 19.3 Å².